The summed E-state index contributed by atoms with van der Waals surface area (Å²) >= 11 is 5.75. The molecule has 1 heterocycles. The molecule has 1 aromatic rings. The summed E-state index contributed by atoms with van der Waals surface area (Å²) in [5, 5.41) is 11.9. The molecule has 0 fully saturated rings. The third-order valence-corrected chi connectivity index (χ3v) is 2.16. The fourth-order valence-corrected chi connectivity index (χ4v) is 1.24. The lowest BCUT2D eigenvalue weighted by molar-refractivity contribution is -0.138. The van der Waals surface area contributed by atoms with E-state index in [-0.39, 0.29) is 11.1 Å². The smallest absolute Gasteiger partial charge is 0.326 e. The van der Waals surface area contributed by atoms with E-state index < -0.39 is 12.0 Å². The SMILES string of the molecule is CC(C)[C@@H](Nc1nccnc1Cl)C(=O)O. The lowest BCUT2D eigenvalue weighted by atomic mass is 10.1. The lowest BCUT2D eigenvalue weighted by Gasteiger charge is -2.18. The molecule has 0 radical (unpaired) electrons. The summed E-state index contributed by atoms with van der Waals surface area (Å²) in [7, 11) is 0. The Morgan fingerprint density at radius 2 is 2.07 bits per heavy atom. The summed E-state index contributed by atoms with van der Waals surface area (Å²) in [5.41, 5.74) is 0. The molecule has 0 aliphatic carbocycles. The van der Waals surface area contributed by atoms with E-state index in [4.69, 9.17) is 16.7 Å². The summed E-state index contributed by atoms with van der Waals surface area (Å²) < 4.78 is 0. The molecule has 0 saturated heterocycles. The van der Waals surface area contributed by atoms with Crippen molar-refractivity contribution in [1.82, 2.24) is 9.97 Å². The quantitative estimate of drug-likeness (QED) is 0.821. The van der Waals surface area contributed by atoms with Gasteiger partial charge in [0.15, 0.2) is 11.0 Å². The topological polar surface area (TPSA) is 75.1 Å². The molecule has 0 unspecified atom stereocenters. The third kappa shape index (κ3) is 3.06. The van der Waals surface area contributed by atoms with E-state index in [1.807, 2.05) is 0 Å². The minimum Gasteiger partial charge on any atom is -0.480 e. The predicted molar refractivity (Wildman–Crippen MR) is 56.9 cm³/mol. The van der Waals surface area contributed by atoms with Gasteiger partial charge in [0.25, 0.3) is 0 Å². The third-order valence-electron chi connectivity index (χ3n) is 1.88. The van der Waals surface area contributed by atoms with Crippen molar-refractivity contribution in [2.75, 3.05) is 5.32 Å². The molecule has 0 amide bonds. The molecular weight excluding hydrogens is 218 g/mol. The van der Waals surface area contributed by atoms with Crippen LogP contribution < -0.4 is 5.32 Å². The molecule has 1 rings (SSSR count). The Morgan fingerprint density at radius 1 is 1.47 bits per heavy atom. The Labute approximate surface area is 92.5 Å². The van der Waals surface area contributed by atoms with Gasteiger partial charge in [-0.2, -0.15) is 0 Å². The van der Waals surface area contributed by atoms with E-state index in [0.29, 0.717) is 5.82 Å². The zero-order valence-corrected chi connectivity index (χ0v) is 9.19. The average molecular weight is 230 g/mol. The Kier molecular flexibility index (Phi) is 3.85. The van der Waals surface area contributed by atoms with Gasteiger partial charge in [0.2, 0.25) is 0 Å². The molecule has 0 saturated carbocycles. The first-order valence-electron chi connectivity index (χ1n) is 4.48. The first-order valence-corrected chi connectivity index (χ1v) is 4.86. The average Bonchev–Trinajstić information content (AvgIpc) is 2.15. The van der Waals surface area contributed by atoms with Gasteiger partial charge in [0.05, 0.1) is 0 Å². The lowest BCUT2D eigenvalue weighted by Crippen LogP contribution is -2.34. The largest absolute Gasteiger partial charge is 0.480 e. The normalized spacial score (nSPS) is 12.5. The number of rotatable bonds is 4. The molecule has 82 valence electrons. The van der Waals surface area contributed by atoms with Crippen molar-refractivity contribution in [2.45, 2.75) is 19.9 Å². The molecule has 0 aliphatic heterocycles. The second-order valence-electron chi connectivity index (χ2n) is 3.40. The molecule has 0 spiro atoms. The molecule has 5 nitrogen and oxygen atoms in total. The van der Waals surface area contributed by atoms with Crippen molar-refractivity contribution in [3.05, 3.63) is 17.5 Å². The van der Waals surface area contributed by atoms with Crippen LogP contribution >= 0.6 is 11.6 Å². The van der Waals surface area contributed by atoms with Crippen LogP contribution in [0.4, 0.5) is 5.82 Å². The monoisotopic (exact) mass is 229 g/mol. The van der Waals surface area contributed by atoms with Crippen LogP contribution in [0.2, 0.25) is 5.15 Å². The minimum absolute atomic E-state index is 0.0689. The van der Waals surface area contributed by atoms with Gasteiger partial charge in [0, 0.05) is 12.4 Å². The fourth-order valence-electron chi connectivity index (χ4n) is 1.08. The number of carboxylic acids is 1. The molecule has 1 atom stereocenters. The van der Waals surface area contributed by atoms with E-state index in [1.165, 1.54) is 12.4 Å². The Hall–Kier alpha value is -1.36. The van der Waals surface area contributed by atoms with Crippen LogP contribution in [0.1, 0.15) is 13.8 Å². The van der Waals surface area contributed by atoms with Crippen LogP contribution in [0.15, 0.2) is 12.4 Å². The Morgan fingerprint density at radius 3 is 2.53 bits per heavy atom. The van der Waals surface area contributed by atoms with Gasteiger partial charge in [-0.15, -0.1) is 0 Å². The highest BCUT2D eigenvalue weighted by Crippen LogP contribution is 2.17. The van der Waals surface area contributed by atoms with Gasteiger partial charge in [0.1, 0.15) is 6.04 Å². The number of carbonyl (C=O) groups is 1. The number of carboxylic acid groups (broad SMARTS) is 1. The predicted octanol–water partition coefficient (Wildman–Crippen LogP) is 1.65. The van der Waals surface area contributed by atoms with Gasteiger partial charge in [-0.3, -0.25) is 0 Å². The van der Waals surface area contributed by atoms with Crippen LogP contribution in [-0.4, -0.2) is 27.1 Å². The second-order valence-corrected chi connectivity index (χ2v) is 3.76. The number of hydrogen-bond donors (Lipinski definition) is 2. The highest BCUT2D eigenvalue weighted by molar-refractivity contribution is 6.31. The van der Waals surface area contributed by atoms with Crippen molar-refractivity contribution in [3.8, 4) is 0 Å². The molecule has 0 bridgehead atoms. The van der Waals surface area contributed by atoms with Gasteiger partial charge < -0.3 is 10.4 Å². The van der Waals surface area contributed by atoms with E-state index in [1.54, 1.807) is 13.8 Å². The van der Waals surface area contributed by atoms with Gasteiger partial charge in [-0.1, -0.05) is 25.4 Å². The zero-order chi connectivity index (χ0) is 11.4. The highest BCUT2D eigenvalue weighted by Gasteiger charge is 2.22. The van der Waals surface area contributed by atoms with Crippen molar-refractivity contribution in [1.29, 1.82) is 0 Å². The summed E-state index contributed by atoms with van der Waals surface area (Å²) in [6.45, 7) is 3.60. The maximum absolute atomic E-state index is 10.9. The van der Waals surface area contributed by atoms with E-state index in [9.17, 15) is 4.79 Å². The number of aromatic nitrogens is 2. The summed E-state index contributed by atoms with van der Waals surface area (Å²) in [6, 6.07) is -0.723. The number of hydrogen-bond acceptors (Lipinski definition) is 4. The van der Waals surface area contributed by atoms with Crippen LogP contribution in [0.25, 0.3) is 0 Å². The second kappa shape index (κ2) is 4.93. The van der Waals surface area contributed by atoms with E-state index >= 15 is 0 Å². The molecule has 1 aromatic heterocycles. The summed E-state index contributed by atoms with van der Waals surface area (Å²) in [4.78, 5) is 18.6. The first-order chi connectivity index (χ1) is 7.02. The zero-order valence-electron chi connectivity index (χ0n) is 8.44. The summed E-state index contributed by atoms with van der Waals surface area (Å²) in [5.74, 6) is -0.715. The number of halogens is 1. The standard InChI is InChI=1S/C9H12ClN3O2/c1-5(2)6(9(14)15)13-8-7(10)11-3-4-12-8/h3-6H,1-2H3,(H,12,13)(H,14,15)/t6-/m1/s1. The molecule has 2 N–H and O–H groups in total. The Bertz CT molecular complexity index is 357. The highest BCUT2D eigenvalue weighted by atomic mass is 35.5. The van der Waals surface area contributed by atoms with Crippen LogP contribution in [0.5, 0.6) is 0 Å². The van der Waals surface area contributed by atoms with Gasteiger partial charge in [-0.25, -0.2) is 14.8 Å². The van der Waals surface area contributed by atoms with Gasteiger partial charge >= 0.3 is 5.97 Å². The molecule has 6 heteroatoms. The van der Waals surface area contributed by atoms with Crippen molar-refractivity contribution < 1.29 is 9.90 Å². The van der Waals surface area contributed by atoms with Crippen molar-refractivity contribution in [3.63, 3.8) is 0 Å². The Balaban J connectivity index is 2.84. The molecule has 0 aliphatic rings. The molecule has 15 heavy (non-hydrogen) atoms. The molecule has 0 aromatic carbocycles. The maximum Gasteiger partial charge on any atom is 0.326 e. The minimum atomic E-state index is -0.938. The van der Waals surface area contributed by atoms with Crippen LogP contribution in [0, 0.1) is 5.92 Å². The van der Waals surface area contributed by atoms with Crippen molar-refractivity contribution >= 4 is 23.4 Å². The number of aliphatic carboxylic acids is 1. The molecular formula is C9H12ClN3O2. The van der Waals surface area contributed by atoms with E-state index in [0.717, 1.165) is 0 Å². The maximum atomic E-state index is 10.9. The number of anilines is 1. The first kappa shape index (κ1) is 11.7. The van der Waals surface area contributed by atoms with E-state index in [2.05, 4.69) is 15.3 Å². The van der Waals surface area contributed by atoms with Crippen molar-refractivity contribution in [2.24, 2.45) is 5.92 Å². The van der Waals surface area contributed by atoms with Gasteiger partial charge in [-0.05, 0) is 5.92 Å². The van der Waals surface area contributed by atoms with Crippen LogP contribution in [0.3, 0.4) is 0 Å². The number of nitrogens with one attached hydrogen (secondary N) is 1. The summed E-state index contributed by atoms with van der Waals surface area (Å²) in [6.07, 6.45) is 2.89. The number of nitrogens with zero attached hydrogens (tertiary/aromatic N) is 2. The van der Waals surface area contributed by atoms with Crippen LogP contribution in [-0.2, 0) is 4.79 Å². The fraction of sp³-hybridized carbons (Fsp3) is 0.444.